The first kappa shape index (κ1) is 18.8. The lowest BCUT2D eigenvalue weighted by molar-refractivity contribution is -0.121. The summed E-state index contributed by atoms with van der Waals surface area (Å²) in [5, 5.41) is 2.94. The van der Waals surface area contributed by atoms with Crippen LogP contribution in [0, 0.1) is 0 Å². The van der Waals surface area contributed by atoms with E-state index in [2.05, 4.69) is 5.32 Å². The minimum Gasteiger partial charge on any atom is -0.497 e. The number of hydrogen-bond acceptors (Lipinski definition) is 3. The monoisotopic (exact) mass is 334 g/mol. The molecule has 0 radical (unpaired) electrons. The maximum Gasteiger partial charge on any atom is 0.220 e. The molecule has 2 rings (SSSR count). The van der Waals surface area contributed by atoms with E-state index in [9.17, 15) is 4.79 Å². The number of rotatable bonds is 7. The van der Waals surface area contributed by atoms with Gasteiger partial charge in [-0.25, -0.2) is 0 Å². The zero-order chi connectivity index (χ0) is 15.8. The second kappa shape index (κ2) is 9.74. The highest BCUT2D eigenvalue weighted by atomic mass is 35.5. The van der Waals surface area contributed by atoms with Gasteiger partial charge in [0.15, 0.2) is 0 Å². The number of anilines is 1. The number of ether oxygens (including phenoxy) is 1. The van der Waals surface area contributed by atoms with Gasteiger partial charge in [0.25, 0.3) is 0 Å². The second-order valence-electron chi connectivity index (χ2n) is 5.19. The Hall–Kier alpha value is -2.20. The number of aryl methyl sites for hydroxylation is 1. The van der Waals surface area contributed by atoms with E-state index in [1.807, 2.05) is 48.5 Å². The van der Waals surface area contributed by atoms with Crippen LogP contribution in [0.2, 0.25) is 0 Å². The topological polar surface area (TPSA) is 64.3 Å². The standard InChI is InChI=1S/C18H22N2O2.ClH/c1-22-17-9-4-14(5-10-17)6-11-18(21)20-13-12-15-2-7-16(19)8-3-15;/h2-5,7-10H,6,11-13,19H2,1H3,(H,20,21);1H. The summed E-state index contributed by atoms with van der Waals surface area (Å²) in [6.07, 6.45) is 2.04. The number of nitrogens with two attached hydrogens (primary N) is 1. The van der Waals surface area contributed by atoms with E-state index >= 15 is 0 Å². The number of hydrogen-bond donors (Lipinski definition) is 2. The molecule has 5 heteroatoms. The molecule has 3 N–H and O–H groups in total. The van der Waals surface area contributed by atoms with E-state index in [1.54, 1.807) is 7.11 Å². The van der Waals surface area contributed by atoms with Crippen LogP contribution in [-0.4, -0.2) is 19.6 Å². The molecule has 23 heavy (non-hydrogen) atoms. The molecule has 1 amide bonds. The van der Waals surface area contributed by atoms with E-state index in [4.69, 9.17) is 10.5 Å². The number of carbonyl (C=O) groups is 1. The molecule has 2 aromatic carbocycles. The smallest absolute Gasteiger partial charge is 0.220 e. The Morgan fingerprint density at radius 2 is 1.57 bits per heavy atom. The Kier molecular flexibility index (Phi) is 7.98. The molecule has 0 fully saturated rings. The van der Waals surface area contributed by atoms with Crippen LogP contribution in [0.1, 0.15) is 17.5 Å². The predicted molar refractivity (Wildman–Crippen MR) is 96.1 cm³/mol. The molecule has 0 saturated carbocycles. The third kappa shape index (κ3) is 6.61. The SMILES string of the molecule is COc1ccc(CCC(=O)NCCc2ccc(N)cc2)cc1.Cl. The summed E-state index contributed by atoms with van der Waals surface area (Å²) < 4.78 is 5.11. The van der Waals surface area contributed by atoms with Crippen molar-refractivity contribution >= 4 is 24.0 Å². The molecule has 0 heterocycles. The first-order valence-corrected chi connectivity index (χ1v) is 7.41. The van der Waals surface area contributed by atoms with Gasteiger partial charge in [0.05, 0.1) is 7.11 Å². The predicted octanol–water partition coefficient (Wildman–Crippen LogP) is 2.99. The first-order valence-electron chi connectivity index (χ1n) is 7.41. The zero-order valence-corrected chi connectivity index (χ0v) is 14.1. The maximum absolute atomic E-state index is 11.8. The van der Waals surface area contributed by atoms with Crippen molar-refractivity contribution in [3.8, 4) is 5.75 Å². The van der Waals surface area contributed by atoms with Crippen molar-refractivity contribution in [2.75, 3.05) is 19.4 Å². The minimum atomic E-state index is 0. The van der Waals surface area contributed by atoms with Crippen LogP contribution in [-0.2, 0) is 17.6 Å². The molecule has 2 aromatic rings. The highest BCUT2D eigenvalue weighted by Crippen LogP contribution is 2.12. The van der Waals surface area contributed by atoms with Gasteiger partial charge in [0.1, 0.15) is 5.75 Å². The molecule has 4 nitrogen and oxygen atoms in total. The summed E-state index contributed by atoms with van der Waals surface area (Å²) >= 11 is 0. The lowest BCUT2D eigenvalue weighted by Crippen LogP contribution is -2.25. The third-order valence-electron chi connectivity index (χ3n) is 3.52. The van der Waals surface area contributed by atoms with Gasteiger partial charge in [0, 0.05) is 18.7 Å². The summed E-state index contributed by atoms with van der Waals surface area (Å²) in [5.41, 5.74) is 8.70. The summed E-state index contributed by atoms with van der Waals surface area (Å²) in [6, 6.07) is 15.5. The van der Waals surface area contributed by atoms with E-state index in [-0.39, 0.29) is 18.3 Å². The molecule has 0 aliphatic carbocycles. The molecule has 0 aliphatic rings. The average molecular weight is 335 g/mol. The van der Waals surface area contributed by atoms with Crippen molar-refractivity contribution in [2.24, 2.45) is 0 Å². The molecule has 0 saturated heterocycles. The van der Waals surface area contributed by atoms with Crippen molar-refractivity contribution in [1.29, 1.82) is 0 Å². The number of nitrogens with one attached hydrogen (secondary N) is 1. The fraction of sp³-hybridized carbons (Fsp3) is 0.278. The van der Waals surface area contributed by atoms with Crippen LogP contribution in [0.15, 0.2) is 48.5 Å². The molecule has 0 aromatic heterocycles. The van der Waals surface area contributed by atoms with Crippen molar-refractivity contribution < 1.29 is 9.53 Å². The molecule has 0 unspecified atom stereocenters. The fourth-order valence-corrected chi connectivity index (χ4v) is 2.17. The van der Waals surface area contributed by atoms with Crippen molar-refractivity contribution in [1.82, 2.24) is 5.32 Å². The summed E-state index contributed by atoms with van der Waals surface area (Å²) in [5.74, 6) is 0.906. The van der Waals surface area contributed by atoms with Crippen molar-refractivity contribution in [3.63, 3.8) is 0 Å². The van der Waals surface area contributed by atoms with Gasteiger partial charge in [-0.1, -0.05) is 24.3 Å². The van der Waals surface area contributed by atoms with E-state index < -0.39 is 0 Å². The molecule has 0 bridgehead atoms. The van der Waals surface area contributed by atoms with E-state index in [0.29, 0.717) is 13.0 Å². The summed E-state index contributed by atoms with van der Waals surface area (Å²) in [4.78, 5) is 11.8. The first-order chi connectivity index (χ1) is 10.7. The Morgan fingerprint density at radius 1 is 1.00 bits per heavy atom. The second-order valence-corrected chi connectivity index (χ2v) is 5.19. The lowest BCUT2D eigenvalue weighted by atomic mass is 10.1. The van der Waals surface area contributed by atoms with Crippen molar-refractivity contribution in [3.05, 3.63) is 59.7 Å². The number of carbonyl (C=O) groups excluding carboxylic acids is 1. The van der Waals surface area contributed by atoms with Crippen LogP contribution in [0.3, 0.4) is 0 Å². The fourth-order valence-electron chi connectivity index (χ4n) is 2.17. The summed E-state index contributed by atoms with van der Waals surface area (Å²) in [7, 11) is 1.64. The molecule has 0 atom stereocenters. The van der Waals surface area contributed by atoms with Gasteiger partial charge in [-0.2, -0.15) is 0 Å². The molecule has 0 aliphatic heterocycles. The number of benzene rings is 2. The normalized spacial score (nSPS) is 9.78. The number of halogens is 1. The van der Waals surface area contributed by atoms with Gasteiger partial charge < -0.3 is 15.8 Å². The largest absolute Gasteiger partial charge is 0.497 e. The quantitative estimate of drug-likeness (QED) is 0.765. The van der Waals surface area contributed by atoms with Crippen LogP contribution in [0.5, 0.6) is 5.75 Å². The van der Waals surface area contributed by atoms with Crippen LogP contribution < -0.4 is 15.8 Å². The van der Waals surface area contributed by atoms with Crippen LogP contribution in [0.4, 0.5) is 5.69 Å². The molecule has 0 spiro atoms. The van der Waals surface area contributed by atoms with Gasteiger partial charge in [-0.15, -0.1) is 12.4 Å². The Labute approximate surface area is 143 Å². The van der Waals surface area contributed by atoms with Crippen LogP contribution >= 0.6 is 12.4 Å². The Morgan fingerprint density at radius 3 is 2.17 bits per heavy atom. The minimum absolute atomic E-state index is 0. The molecular weight excluding hydrogens is 312 g/mol. The molecule has 124 valence electrons. The zero-order valence-electron chi connectivity index (χ0n) is 13.2. The highest BCUT2D eigenvalue weighted by Gasteiger charge is 2.02. The van der Waals surface area contributed by atoms with Gasteiger partial charge in [-0.3, -0.25) is 4.79 Å². The van der Waals surface area contributed by atoms with Gasteiger partial charge in [0.2, 0.25) is 5.91 Å². The van der Waals surface area contributed by atoms with Crippen LogP contribution in [0.25, 0.3) is 0 Å². The number of nitrogen functional groups attached to an aromatic ring is 1. The highest BCUT2D eigenvalue weighted by molar-refractivity contribution is 5.85. The number of methoxy groups -OCH3 is 1. The Balaban J connectivity index is 0.00000264. The van der Waals surface area contributed by atoms with E-state index in [1.165, 1.54) is 5.56 Å². The average Bonchev–Trinajstić information content (AvgIpc) is 2.55. The summed E-state index contributed by atoms with van der Waals surface area (Å²) in [6.45, 7) is 0.644. The van der Waals surface area contributed by atoms with Crippen molar-refractivity contribution in [2.45, 2.75) is 19.3 Å². The van der Waals surface area contributed by atoms with Gasteiger partial charge >= 0.3 is 0 Å². The maximum atomic E-state index is 11.8. The Bertz CT molecular complexity index is 597. The lowest BCUT2D eigenvalue weighted by Gasteiger charge is -2.06. The molecular formula is C18H23ClN2O2. The van der Waals surface area contributed by atoms with E-state index in [0.717, 1.165) is 29.8 Å². The number of amides is 1. The third-order valence-corrected chi connectivity index (χ3v) is 3.52. The van der Waals surface area contributed by atoms with Gasteiger partial charge in [-0.05, 0) is 48.2 Å².